The van der Waals surface area contributed by atoms with Crippen LogP contribution in [-0.2, 0) is 0 Å². The summed E-state index contributed by atoms with van der Waals surface area (Å²) in [6.07, 6.45) is 14.9. The summed E-state index contributed by atoms with van der Waals surface area (Å²) in [6.45, 7) is 5.02. The summed E-state index contributed by atoms with van der Waals surface area (Å²) in [7, 11) is 0. The molecule has 2 saturated carbocycles. The van der Waals surface area contributed by atoms with E-state index in [0.717, 1.165) is 18.4 Å². The van der Waals surface area contributed by atoms with E-state index in [-0.39, 0.29) is 12.4 Å². The standard InChI is InChI=1S/C29H38N2S.ClH/c1-2-9-24-22-29(15-14-23(24)8-1)16-20-30(21-17-29)18-7-19-31-25-10-3-5-12-27(25)32-28-13-6-4-11-26(28)31;/h3-6,10-13,23-24H,1-2,7-9,14-22H2;1H. The Hall–Kier alpha value is -1.16. The number of halogens is 1. The van der Waals surface area contributed by atoms with Gasteiger partial charge < -0.3 is 9.80 Å². The highest BCUT2D eigenvalue weighted by atomic mass is 35.5. The summed E-state index contributed by atoms with van der Waals surface area (Å²) in [5.41, 5.74) is 3.48. The van der Waals surface area contributed by atoms with Gasteiger partial charge in [-0.15, -0.1) is 12.4 Å². The molecule has 2 unspecified atom stereocenters. The Morgan fingerprint density at radius 1 is 0.758 bits per heavy atom. The van der Waals surface area contributed by atoms with Crippen LogP contribution >= 0.6 is 24.2 Å². The van der Waals surface area contributed by atoms with E-state index in [1.165, 1.54) is 98.6 Å². The highest BCUT2D eigenvalue weighted by Crippen LogP contribution is 2.52. The summed E-state index contributed by atoms with van der Waals surface area (Å²) < 4.78 is 0. The van der Waals surface area contributed by atoms with Crippen LogP contribution in [0.25, 0.3) is 0 Å². The Bertz CT molecular complexity index is 893. The Labute approximate surface area is 210 Å². The van der Waals surface area contributed by atoms with Crippen LogP contribution in [0.3, 0.4) is 0 Å². The van der Waals surface area contributed by atoms with E-state index < -0.39 is 0 Å². The molecule has 2 aromatic rings. The van der Waals surface area contributed by atoms with Gasteiger partial charge in [-0.2, -0.15) is 0 Å². The maximum atomic E-state index is 2.77. The van der Waals surface area contributed by atoms with E-state index in [1.807, 2.05) is 11.8 Å². The van der Waals surface area contributed by atoms with E-state index in [9.17, 15) is 0 Å². The number of piperidine rings is 1. The first-order valence-corrected chi connectivity index (χ1v) is 14.0. The number of likely N-dealkylation sites (tertiary alicyclic amines) is 1. The van der Waals surface area contributed by atoms with Crippen molar-refractivity contribution in [1.82, 2.24) is 4.90 Å². The zero-order valence-corrected chi connectivity index (χ0v) is 21.5. The van der Waals surface area contributed by atoms with Gasteiger partial charge in [0.25, 0.3) is 0 Å². The van der Waals surface area contributed by atoms with Gasteiger partial charge in [-0.25, -0.2) is 0 Å². The Balaban J connectivity index is 0.00000228. The molecule has 1 spiro atoms. The molecule has 0 N–H and O–H groups in total. The van der Waals surface area contributed by atoms with Gasteiger partial charge in [0.05, 0.1) is 11.4 Å². The lowest BCUT2D eigenvalue weighted by molar-refractivity contribution is 0.00634. The first kappa shape index (κ1) is 23.6. The highest BCUT2D eigenvalue weighted by Gasteiger charge is 2.42. The van der Waals surface area contributed by atoms with Gasteiger partial charge in [-0.05, 0) is 99.7 Å². The summed E-state index contributed by atoms with van der Waals surface area (Å²) >= 11 is 1.92. The van der Waals surface area contributed by atoms with Gasteiger partial charge in [0.2, 0.25) is 0 Å². The second kappa shape index (κ2) is 10.2. The van der Waals surface area contributed by atoms with E-state index in [4.69, 9.17) is 0 Å². The second-order valence-electron chi connectivity index (χ2n) is 10.9. The lowest BCUT2D eigenvalue weighted by Crippen LogP contribution is -2.45. The Morgan fingerprint density at radius 2 is 1.39 bits per heavy atom. The molecular weight excluding hydrogens is 444 g/mol. The fourth-order valence-corrected chi connectivity index (χ4v) is 8.36. The fourth-order valence-electron chi connectivity index (χ4n) is 7.26. The van der Waals surface area contributed by atoms with E-state index >= 15 is 0 Å². The van der Waals surface area contributed by atoms with Gasteiger partial charge in [-0.3, -0.25) is 0 Å². The van der Waals surface area contributed by atoms with Crippen molar-refractivity contribution in [3.63, 3.8) is 0 Å². The maximum absolute atomic E-state index is 2.77. The average molecular weight is 483 g/mol. The summed E-state index contributed by atoms with van der Waals surface area (Å²) in [6, 6.07) is 17.8. The predicted octanol–water partition coefficient (Wildman–Crippen LogP) is 8.17. The van der Waals surface area contributed by atoms with Crippen molar-refractivity contribution in [1.29, 1.82) is 0 Å². The Morgan fingerprint density at radius 3 is 2.09 bits per heavy atom. The minimum Gasteiger partial charge on any atom is -0.340 e. The molecule has 4 aliphatic rings. The van der Waals surface area contributed by atoms with Crippen molar-refractivity contribution in [2.75, 3.05) is 31.1 Å². The van der Waals surface area contributed by atoms with Crippen molar-refractivity contribution in [3.8, 4) is 0 Å². The number of rotatable bonds is 4. The number of hydrogen-bond acceptors (Lipinski definition) is 3. The molecule has 0 amide bonds. The molecule has 0 aromatic heterocycles. The molecule has 178 valence electrons. The van der Waals surface area contributed by atoms with Crippen molar-refractivity contribution in [2.24, 2.45) is 17.3 Å². The van der Waals surface area contributed by atoms with Crippen molar-refractivity contribution < 1.29 is 0 Å². The number of benzene rings is 2. The van der Waals surface area contributed by atoms with Crippen LogP contribution in [-0.4, -0.2) is 31.1 Å². The number of hydrogen-bond donors (Lipinski definition) is 0. The SMILES string of the molecule is Cl.c1ccc2c(c1)Sc1ccccc1N2CCCN1CCC2(CCC3CCCCC3C2)CC1. The molecule has 2 aromatic carbocycles. The molecule has 33 heavy (non-hydrogen) atoms. The summed E-state index contributed by atoms with van der Waals surface area (Å²) in [5, 5.41) is 0. The molecule has 2 aliphatic carbocycles. The van der Waals surface area contributed by atoms with Gasteiger partial charge in [-0.1, -0.05) is 61.7 Å². The number of fused-ring (bicyclic) bond motifs is 3. The maximum Gasteiger partial charge on any atom is 0.0552 e. The lowest BCUT2D eigenvalue weighted by atomic mass is 9.58. The molecular formula is C29H39ClN2S. The minimum atomic E-state index is 0. The van der Waals surface area contributed by atoms with Gasteiger partial charge in [0, 0.05) is 16.3 Å². The van der Waals surface area contributed by atoms with Gasteiger partial charge in [0.15, 0.2) is 0 Å². The van der Waals surface area contributed by atoms with Crippen LogP contribution in [0.4, 0.5) is 11.4 Å². The van der Waals surface area contributed by atoms with Crippen molar-refractivity contribution in [3.05, 3.63) is 48.5 Å². The van der Waals surface area contributed by atoms with E-state index in [0.29, 0.717) is 5.41 Å². The van der Waals surface area contributed by atoms with E-state index in [1.54, 1.807) is 6.42 Å². The zero-order valence-electron chi connectivity index (χ0n) is 19.9. The van der Waals surface area contributed by atoms with E-state index in [2.05, 4.69) is 58.3 Å². The average Bonchev–Trinajstić information content (AvgIpc) is 2.85. The number of nitrogens with zero attached hydrogens (tertiary/aromatic N) is 2. The lowest BCUT2D eigenvalue weighted by Gasteiger charge is -2.50. The summed E-state index contributed by atoms with van der Waals surface area (Å²) in [4.78, 5) is 8.12. The monoisotopic (exact) mass is 482 g/mol. The normalized spacial score (nSPS) is 26.1. The molecule has 1 saturated heterocycles. The molecule has 2 nitrogen and oxygen atoms in total. The highest BCUT2D eigenvalue weighted by molar-refractivity contribution is 7.99. The second-order valence-corrected chi connectivity index (χ2v) is 12.0. The number of anilines is 2. The molecule has 2 atom stereocenters. The fraction of sp³-hybridized carbons (Fsp3) is 0.586. The molecule has 3 fully saturated rings. The molecule has 4 heteroatoms. The van der Waals surface area contributed by atoms with Crippen molar-refractivity contribution >= 4 is 35.5 Å². The van der Waals surface area contributed by atoms with Crippen molar-refractivity contribution in [2.45, 2.75) is 74.0 Å². The van der Waals surface area contributed by atoms with Crippen LogP contribution in [0.2, 0.25) is 0 Å². The van der Waals surface area contributed by atoms with Crippen LogP contribution in [0.5, 0.6) is 0 Å². The third kappa shape index (κ3) is 4.83. The van der Waals surface area contributed by atoms with Crippen LogP contribution in [0, 0.1) is 17.3 Å². The molecule has 0 bridgehead atoms. The molecule has 2 aliphatic heterocycles. The van der Waals surface area contributed by atoms with Crippen LogP contribution in [0.1, 0.15) is 64.2 Å². The summed E-state index contributed by atoms with van der Waals surface area (Å²) in [5.74, 6) is 2.15. The number of para-hydroxylation sites is 2. The van der Waals surface area contributed by atoms with Gasteiger partial charge in [0.1, 0.15) is 0 Å². The minimum absolute atomic E-state index is 0. The zero-order chi connectivity index (χ0) is 21.4. The molecule has 6 rings (SSSR count). The predicted molar refractivity (Wildman–Crippen MR) is 143 cm³/mol. The third-order valence-electron chi connectivity index (χ3n) is 9.11. The van der Waals surface area contributed by atoms with Crippen LogP contribution < -0.4 is 4.90 Å². The topological polar surface area (TPSA) is 6.48 Å². The van der Waals surface area contributed by atoms with Crippen LogP contribution in [0.15, 0.2) is 58.3 Å². The Kier molecular flexibility index (Phi) is 7.30. The largest absolute Gasteiger partial charge is 0.340 e. The van der Waals surface area contributed by atoms with Gasteiger partial charge >= 0.3 is 0 Å². The molecule has 0 radical (unpaired) electrons. The quantitative estimate of drug-likeness (QED) is 0.433. The smallest absolute Gasteiger partial charge is 0.0552 e. The molecule has 2 heterocycles. The first-order chi connectivity index (χ1) is 15.8. The first-order valence-electron chi connectivity index (χ1n) is 13.2. The third-order valence-corrected chi connectivity index (χ3v) is 10.2.